The fourth-order valence-corrected chi connectivity index (χ4v) is 3.55. The molecule has 3 rings (SSSR count). The van der Waals surface area contributed by atoms with Gasteiger partial charge in [0.2, 0.25) is 5.43 Å². The number of ether oxygens (including phenoxy) is 1. The number of fused-ring (bicyclic) bond motifs is 1. The number of aromatic nitrogens is 1. The Bertz CT molecular complexity index is 1090. The molecule has 1 aromatic heterocycles. The summed E-state index contributed by atoms with van der Waals surface area (Å²) in [6.07, 6.45) is 1.63. The lowest BCUT2D eigenvalue weighted by molar-refractivity contribution is 0.0519. The van der Waals surface area contributed by atoms with E-state index in [2.05, 4.69) is 0 Å². The summed E-state index contributed by atoms with van der Waals surface area (Å²) in [5.74, 6) is -3.71. The molecule has 0 saturated carbocycles. The molecule has 2 aromatic carbocycles. The summed E-state index contributed by atoms with van der Waals surface area (Å²) < 4.78 is 47.4. The number of pyridine rings is 1. The van der Waals surface area contributed by atoms with E-state index >= 15 is 0 Å². The van der Waals surface area contributed by atoms with E-state index in [9.17, 15) is 22.8 Å². The number of hydrogen-bond acceptors (Lipinski definition) is 4. The second kappa shape index (κ2) is 7.48. The molecule has 140 valence electrons. The quantitative estimate of drug-likeness (QED) is 0.490. The van der Waals surface area contributed by atoms with Gasteiger partial charge >= 0.3 is 5.97 Å². The average Bonchev–Trinajstić information content (AvgIpc) is 2.64. The van der Waals surface area contributed by atoms with E-state index in [0.29, 0.717) is 5.69 Å². The molecule has 8 heteroatoms. The van der Waals surface area contributed by atoms with E-state index in [1.165, 1.54) is 28.8 Å². The van der Waals surface area contributed by atoms with E-state index in [1.807, 2.05) is 0 Å². The van der Waals surface area contributed by atoms with Gasteiger partial charge in [0.25, 0.3) is 0 Å². The summed E-state index contributed by atoms with van der Waals surface area (Å²) in [5.41, 5.74) is -0.609. The standard InChI is InChI=1S/C19H14F3NO3S/c1-3-26-19(25)16-17(24)12-8-13(21)14(22)9-15(12)23(18(16)27-2)11-6-4-10(20)5-7-11/h4-9H,3H2,1-2H3. The van der Waals surface area contributed by atoms with Crippen molar-refractivity contribution in [1.82, 2.24) is 4.57 Å². The summed E-state index contributed by atoms with van der Waals surface area (Å²) in [6, 6.07) is 6.83. The van der Waals surface area contributed by atoms with Gasteiger partial charge in [-0.25, -0.2) is 18.0 Å². The molecule has 0 amide bonds. The number of benzene rings is 2. The topological polar surface area (TPSA) is 48.3 Å². The van der Waals surface area contributed by atoms with Crippen molar-refractivity contribution >= 4 is 28.6 Å². The third-order valence-corrected chi connectivity index (χ3v) is 4.70. The third-order valence-electron chi connectivity index (χ3n) is 3.93. The van der Waals surface area contributed by atoms with Gasteiger partial charge in [-0.05, 0) is 43.5 Å². The number of carbonyl (C=O) groups is 1. The van der Waals surface area contributed by atoms with Gasteiger partial charge in [-0.2, -0.15) is 0 Å². The van der Waals surface area contributed by atoms with Gasteiger partial charge in [0.05, 0.1) is 22.5 Å². The SMILES string of the molecule is CCOC(=O)c1c(SC)n(-c2ccc(F)cc2)c2cc(F)c(F)cc2c1=O. The van der Waals surface area contributed by atoms with Crippen LogP contribution in [-0.2, 0) is 4.74 Å². The molecule has 0 bridgehead atoms. The molecule has 27 heavy (non-hydrogen) atoms. The molecule has 0 aliphatic carbocycles. The monoisotopic (exact) mass is 393 g/mol. The number of carbonyl (C=O) groups excluding carboxylic acids is 1. The largest absolute Gasteiger partial charge is 0.462 e. The molecule has 0 saturated heterocycles. The van der Waals surface area contributed by atoms with E-state index in [0.717, 1.165) is 23.9 Å². The summed E-state index contributed by atoms with van der Waals surface area (Å²) in [6.45, 7) is 1.63. The van der Waals surface area contributed by atoms with Crippen molar-refractivity contribution in [3.8, 4) is 5.69 Å². The second-order valence-electron chi connectivity index (χ2n) is 5.53. The highest BCUT2D eigenvalue weighted by Gasteiger charge is 2.25. The van der Waals surface area contributed by atoms with Crippen molar-refractivity contribution in [2.24, 2.45) is 0 Å². The first-order valence-electron chi connectivity index (χ1n) is 7.93. The van der Waals surface area contributed by atoms with Crippen LogP contribution in [0.5, 0.6) is 0 Å². The van der Waals surface area contributed by atoms with Crippen LogP contribution < -0.4 is 5.43 Å². The normalized spacial score (nSPS) is 11.0. The average molecular weight is 393 g/mol. The van der Waals surface area contributed by atoms with Gasteiger partial charge in [-0.1, -0.05) is 0 Å². The summed E-state index contributed by atoms with van der Waals surface area (Å²) >= 11 is 1.07. The molecular weight excluding hydrogens is 379 g/mol. The van der Waals surface area contributed by atoms with Crippen LogP contribution in [0.25, 0.3) is 16.6 Å². The minimum Gasteiger partial charge on any atom is -0.462 e. The zero-order valence-electron chi connectivity index (χ0n) is 14.4. The first-order valence-corrected chi connectivity index (χ1v) is 9.16. The highest BCUT2D eigenvalue weighted by molar-refractivity contribution is 7.98. The van der Waals surface area contributed by atoms with Crippen molar-refractivity contribution in [2.45, 2.75) is 11.9 Å². The Labute approximate surface area is 156 Å². The van der Waals surface area contributed by atoms with E-state index < -0.39 is 28.8 Å². The first-order chi connectivity index (χ1) is 12.9. The molecule has 0 N–H and O–H groups in total. The predicted octanol–water partition coefficient (Wildman–Crippen LogP) is 4.31. The molecule has 0 atom stereocenters. The fraction of sp³-hybridized carbons (Fsp3) is 0.158. The number of nitrogens with zero attached hydrogens (tertiary/aromatic N) is 1. The zero-order chi connectivity index (χ0) is 19.7. The highest BCUT2D eigenvalue weighted by atomic mass is 32.2. The van der Waals surface area contributed by atoms with Crippen LogP contribution in [-0.4, -0.2) is 23.4 Å². The Hall–Kier alpha value is -2.74. The first kappa shape index (κ1) is 19.0. The fourth-order valence-electron chi connectivity index (χ4n) is 2.78. The highest BCUT2D eigenvalue weighted by Crippen LogP contribution is 2.29. The van der Waals surface area contributed by atoms with Gasteiger partial charge in [0.15, 0.2) is 11.6 Å². The lowest BCUT2D eigenvalue weighted by Gasteiger charge is -2.19. The van der Waals surface area contributed by atoms with Crippen LogP contribution in [0.3, 0.4) is 0 Å². The van der Waals surface area contributed by atoms with E-state index in [4.69, 9.17) is 4.74 Å². The van der Waals surface area contributed by atoms with Crippen LogP contribution in [0.4, 0.5) is 13.2 Å². The second-order valence-corrected chi connectivity index (χ2v) is 6.32. The number of thioether (sulfide) groups is 1. The Kier molecular flexibility index (Phi) is 5.27. The minimum atomic E-state index is -1.21. The lowest BCUT2D eigenvalue weighted by Crippen LogP contribution is -2.23. The Morgan fingerprint density at radius 2 is 1.74 bits per heavy atom. The Morgan fingerprint density at radius 1 is 1.11 bits per heavy atom. The summed E-state index contributed by atoms with van der Waals surface area (Å²) in [4.78, 5) is 25.3. The lowest BCUT2D eigenvalue weighted by atomic mass is 10.1. The summed E-state index contributed by atoms with van der Waals surface area (Å²) in [7, 11) is 0. The number of esters is 1. The molecule has 0 aliphatic rings. The maximum absolute atomic E-state index is 13.9. The van der Waals surface area contributed by atoms with Crippen LogP contribution in [0, 0.1) is 17.5 Å². The molecule has 1 heterocycles. The van der Waals surface area contributed by atoms with Crippen molar-refractivity contribution in [3.05, 3.63) is 69.6 Å². The van der Waals surface area contributed by atoms with Gasteiger partial charge in [-0.15, -0.1) is 11.8 Å². The van der Waals surface area contributed by atoms with E-state index in [1.54, 1.807) is 13.2 Å². The molecule has 0 fully saturated rings. The maximum atomic E-state index is 13.9. The number of rotatable bonds is 4. The van der Waals surface area contributed by atoms with Crippen molar-refractivity contribution < 1.29 is 22.7 Å². The van der Waals surface area contributed by atoms with E-state index in [-0.39, 0.29) is 28.1 Å². The van der Waals surface area contributed by atoms with Gasteiger partial charge < -0.3 is 9.30 Å². The van der Waals surface area contributed by atoms with Crippen LogP contribution in [0.2, 0.25) is 0 Å². The van der Waals surface area contributed by atoms with Gasteiger partial charge in [0, 0.05) is 11.8 Å². The minimum absolute atomic E-state index is 0.0401. The summed E-state index contributed by atoms with van der Waals surface area (Å²) in [5, 5.41) is 0.00245. The number of hydrogen-bond donors (Lipinski definition) is 0. The van der Waals surface area contributed by atoms with Crippen LogP contribution >= 0.6 is 11.8 Å². The molecule has 4 nitrogen and oxygen atoms in total. The zero-order valence-corrected chi connectivity index (χ0v) is 15.2. The van der Waals surface area contributed by atoms with Crippen LogP contribution in [0.1, 0.15) is 17.3 Å². The van der Waals surface area contributed by atoms with Gasteiger partial charge in [0.1, 0.15) is 11.4 Å². The van der Waals surface area contributed by atoms with Crippen molar-refractivity contribution in [2.75, 3.05) is 12.9 Å². The van der Waals surface area contributed by atoms with Crippen molar-refractivity contribution in [3.63, 3.8) is 0 Å². The molecule has 3 aromatic rings. The molecule has 0 aliphatic heterocycles. The van der Waals surface area contributed by atoms with Crippen molar-refractivity contribution in [1.29, 1.82) is 0 Å². The number of halogens is 3. The Balaban J connectivity index is 2.52. The predicted molar refractivity (Wildman–Crippen MR) is 97.2 cm³/mol. The Morgan fingerprint density at radius 3 is 2.33 bits per heavy atom. The molecule has 0 spiro atoms. The van der Waals surface area contributed by atoms with Gasteiger partial charge in [-0.3, -0.25) is 4.79 Å². The maximum Gasteiger partial charge on any atom is 0.344 e. The molecular formula is C19H14F3NO3S. The molecule has 0 radical (unpaired) electrons. The smallest absolute Gasteiger partial charge is 0.344 e. The van der Waals surface area contributed by atoms with Crippen LogP contribution in [0.15, 0.2) is 46.2 Å². The third kappa shape index (κ3) is 3.32. The molecule has 0 unspecified atom stereocenters.